The van der Waals surface area contributed by atoms with Crippen LogP contribution in [0.3, 0.4) is 0 Å². The molecular formula is C13H13FO3. The molecule has 90 valence electrons. The quantitative estimate of drug-likeness (QED) is 0.887. The maximum atomic E-state index is 12.8. The highest BCUT2D eigenvalue weighted by molar-refractivity contribution is 5.58. The zero-order valence-corrected chi connectivity index (χ0v) is 9.44. The van der Waals surface area contributed by atoms with E-state index < -0.39 is 0 Å². The van der Waals surface area contributed by atoms with Gasteiger partial charge in [-0.2, -0.15) is 0 Å². The van der Waals surface area contributed by atoms with Gasteiger partial charge in [-0.15, -0.1) is 0 Å². The van der Waals surface area contributed by atoms with E-state index in [1.165, 1.54) is 12.1 Å². The van der Waals surface area contributed by atoms with Crippen molar-refractivity contribution < 1.29 is 18.7 Å². The number of furan rings is 1. The van der Waals surface area contributed by atoms with Gasteiger partial charge in [0.25, 0.3) is 0 Å². The number of rotatable bonds is 4. The number of hydrogen-bond acceptors (Lipinski definition) is 3. The topological polar surface area (TPSA) is 42.6 Å². The number of ether oxygens (including phenoxy) is 1. The second-order valence-corrected chi connectivity index (χ2v) is 3.66. The molecule has 1 N–H and O–H groups in total. The maximum absolute atomic E-state index is 12.8. The van der Waals surface area contributed by atoms with Crippen molar-refractivity contribution in [3.63, 3.8) is 0 Å². The fraction of sp³-hybridized carbons (Fsp3) is 0.231. The lowest BCUT2D eigenvalue weighted by Gasteiger charge is -1.97. The number of benzene rings is 1. The second kappa shape index (κ2) is 5.12. The molecule has 0 atom stereocenters. The van der Waals surface area contributed by atoms with Gasteiger partial charge in [0.2, 0.25) is 0 Å². The third-order valence-corrected chi connectivity index (χ3v) is 2.47. The lowest BCUT2D eigenvalue weighted by atomic mass is 10.1. The van der Waals surface area contributed by atoms with E-state index in [4.69, 9.17) is 9.15 Å². The molecule has 1 aromatic heterocycles. The van der Waals surface area contributed by atoms with Crippen molar-refractivity contribution in [1.82, 2.24) is 0 Å². The molecule has 1 aromatic carbocycles. The molecule has 4 heteroatoms. The van der Waals surface area contributed by atoms with E-state index in [1.54, 1.807) is 25.3 Å². The summed E-state index contributed by atoms with van der Waals surface area (Å²) in [5.41, 5.74) is 1.45. The zero-order chi connectivity index (χ0) is 12.3. The molecule has 2 rings (SSSR count). The van der Waals surface area contributed by atoms with Crippen molar-refractivity contribution in [1.29, 1.82) is 0 Å². The van der Waals surface area contributed by atoms with E-state index in [0.717, 1.165) is 5.56 Å². The molecule has 0 saturated heterocycles. The molecule has 0 radical (unpaired) electrons. The first-order valence-corrected chi connectivity index (χ1v) is 5.22. The Morgan fingerprint density at radius 3 is 2.59 bits per heavy atom. The van der Waals surface area contributed by atoms with E-state index in [-0.39, 0.29) is 12.4 Å². The summed E-state index contributed by atoms with van der Waals surface area (Å²) in [5.74, 6) is 0.898. The van der Waals surface area contributed by atoms with Gasteiger partial charge < -0.3 is 14.3 Å². The van der Waals surface area contributed by atoms with Gasteiger partial charge in [0, 0.05) is 18.2 Å². The van der Waals surface area contributed by atoms with Crippen LogP contribution in [0.5, 0.6) is 0 Å². The summed E-state index contributed by atoms with van der Waals surface area (Å²) in [6.45, 7) is 0.195. The average Bonchev–Trinajstić information content (AvgIpc) is 2.74. The summed E-state index contributed by atoms with van der Waals surface area (Å²) in [5, 5.41) is 9.17. The molecule has 1 heterocycles. The minimum atomic E-state index is -0.292. The highest BCUT2D eigenvalue weighted by Gasteiger charge is 2.11. The van der Waals surface area contributed by atoms with Crippen molar-refractivity contribution in [2.45, 2.75) is 13.2 Å². The molecule has 0 aliphatic heterocycles. The Labute approximate surface area is 98.5 Å². The summed E-state index contributed by atoms with van der Waals surface area (Å²) in [4.78, 5) is 0. The third kappa shape index (κ3) is 2.54. The van der Waals surface area contributed by atoms with Crippen LogP contribution in [-0.4, -0.2) is 12.2 Å². The molecule has 0 amide bonds. The first-order valence-electron chi connectivity index (χ1n) is 5.22. The van der Waals surface area contributed by atoms with Crippen LogP contribution in [0.25, 0.3) is 11.3 Å². The molecule has 0 spiro atoms. The van der Waals surface area contributed by atoms with E-state index in [1.807, 2.05) is 0 Å². The van der Waals surface area contributed by atoms with Crippen molar-refractivity contribution in [2.75, 3.05) is 7.11 Å². The summed E-state index contributed by atoms with van der Waals surface area (Å²) >= 11 is 0. The Morgan fingerprint density at radius 2 is 2.00 bits per heavy atom. The normalized spacial score (nSPS) is 10.8. The van der Waals surface area contributed by atoms with Gasteiger partial charge in [0.1, 0.15) is 23.9 Å². The van der Waals surface area contributed by atoms with Crippen molar-refractivity contribution >= 4 is 0 Å². The molecule has 0 aliphatic rings. The first kappa shape index (κ1) is 11.8. The van der Waals surface area contributed by atoms with Gasteiger partial charge in [-0.3, -0.25) is 0 Å². The number of hydrogen-bond donors (Lipinski definition) is 1. The van der Waals surface area contributed by atoms with Crippen LogP contribution < -0.4 is 0 Å². The largest absolute Gasteiger partial charge is 0.458 e. The molecule has 0 fully saturated rings. The van der Waals surface area contributed by atoms with E-state index in [0.29, 0.717) is 23.7 Å². The van der Waals surface area contributed by atoms with Crippen LogP contribution in [0.4, 0.5) is 4.39 Å². The maximum Gasteiger partial charge on any atom is 0.135 e. The van der Waals surface area contributed by atoms with Crippen LogP contribution in [0, 0.1) is 5.82 Å². The molecule has 0 bridgehead atoms. The van der Waals surface area contributed by atoms with Gasteiger partial charge in [-0.1, -0.05) is 0 Å². The summed E-state index contributed by atoms with van der Waals surface area (Å²) in [7, 11) is 1.56. The Kier molecular flexibility index (Phi) is 3.56. The molecule has 2 aromatic rings. The van der Waals surface area contributed by atoms with Crippen LogP contribution in [0.15, 0.2) is 34.7 Å². The monoisotopic (exact) mass is 236 g/mol. The minimum absolute atomic E-state index is 0.108. The highest BCUT2D eigenvalue weighted by Crippen LogP contribution is 2.26. The summed E-state index contributed by atoms with van der Waals surface area (Å²) < 4.78 is 23.3. The lowest BCUT2D eigenvalue weighted by molar-refractivity contribution is 0.161. The van der Waals surface area contributed by atoms with Crippen molar-refractivity contribution in [3.05, 3.63) is 47.5 Å². The molecular weight excluding hydrogens is 223 g/mol. The van der Waals surface area contributed by atoms with Crippen LogP contribution in [-0.2, 0) is 18.0 Å². The minimum Gasteiger partial charge on any atom is -0.458 e. The molecule has 0 unspecified atom stereocenters. The number of aliphatic hydroxyl groups is 1. The number of methoxy groups -OCH3 is 1. The number of halogens is 1. The predicted octanol–water partition coefficient (Wildman–Crippen LogP) is 2.72. The standard InChI is InChI=1S/C13H13FO3/c1-16-8-13-10(7-15)6-12(17-13)9-2-4-11(14)5-3-9/h2-6,15H,7-8H2,1H3. The Hall–Kier alpha value is -1.65. The van der Waals surface area contributed by atoms with Gasteiger partial charge in [-0.25, -0.2) is 4.39 Å². The van der Waals surface area contributed by atoms with Crippen LogP contribution >= 0.6 is 0 Å². The van der Waals surface area contributed by atoms with Gasteiger partial charge >= 0.3 is 0 Å². The smallest absolute Gasteiger partial charge is 0.135 e. The van der Waals surface area contributed by atoms with E-state index in [9.17, 15) is 9.50 Å². The zero-order valence-electron chi connectivity index (χ0n) is 9.44. The fourth-order valence-corrected chi connectivity index (χ4v) is 1.61. The van der Waals surface area contributed by atoms with Gasteiger partial charge in [0.15, 0.2) is 0 Å². The van der Waals surface area contributed by atoms with Crippen LogP contribution in [0.1, 0.15) is 11.3 Å². The van der Waals surface area contributed by atoms with Crippen LogP contribution in [0.2, 0.25) is 0 Å². The summed E-state index contributed by atoms with van der Waals surface area (Å²) in [6.07, 6.45) is 0. The molecule has 0 aliphatic carbocycles. The SMILES string of the molecule is COCc1oc(-c2ccc(F)cc2)cc1CO. The Morgan fingerprint density at radius 1 is 1.29 bits per heavy atom. The van der Waals surface area contributed by atoms with Gasteiger partial charge in [0.05, 0.1) is 6.61 Å². The van der Waals surface area contributed by atoms with Crippen molar-refractivity contribution in [2.24, 2.45) is 0 Å². The molecule has 0 saturated carbocycles. The van der Waals surface area contributed by atoms with Crippen molar-refractivity contribution in [3.8, 4) is 11.3 Å². The average molecular weight is 236 g/mol. The highest BCUT2D eigenvalue weighted by atomic mass is 19.1. The molecule has 3 nitrogen and oxygen atoms in total. The molecule has 17 heavy (non-hydrogen) atoms. The third-order valence-electron chi connectivity index (χ3n) is 2.47. The predicted molar refractivity (Wildman–Crippen MR) is 60.7 cm³/mol. The Balaban J connectivity index is 2.35. The first-order chi connectivity index (χ1) is 8.24. The lowest BCUT2D eigenvalue weighted by Crippen LogP contribution is -1.90. The van der Waals surface area contributed by atoms with Gasteiger partial charge in [-0.05, 0) is 30.3 Å². The second-order valence-electron chi connectivity index (χ2n) is 3.66. The summed E-state index contributed by atoms with van der Waals surface area (Å²) in [6, 6.07) is 7.73. The van der Waals surface area contributed by atoms with E-state index >= 15 is 0 Å². The van der Waals surface area contributed by atoms with E-state index in [2.05, 4.69) is 0 Å². The Bertz CT molecular complexity index is 488. The number of aliphatic hydroxyl groups excluding tert-OH is 1. The fourth-order valence-electron chi connectivity index (χ4n) is 1.61.